The van der Waals surface area contributed by atoms with E-state index in [1.165, 1.54) is 11.3 Å². The van der Waals surface area contributed by atoms with E-state index in [-0.39, 0.29) is 5.41 Å². The van der Waals surface area contributed by atoms with E-state index in [1.807, 2.05) is 10.7 Å². The molecule has 28 heavy (non-hydrogen) atoms. The number of likely N-dealkylation sites (tertiary alicyclic amines) is 1. The summed E-state index contributed by atoms with van der Waals surface area (Å²) in [5.41, 5.74) is 3.54. The second-order valence-electron chi connectivity index (χ2n) is 7.54. The minimum atomic E-state index is -0.0307. The molecular weight excluding hydrogens is 348 g/mol. The number of hydrogen-bond donors (Lipinski definition) is 0. The van der Waals surface area contributed by atoms with Crippen molar-refractivity contribution in [3.05, 3.63) is 84.8 Å². The monoisotopic (exact) mass is 372 g/mol. The van der Waals surface area contributed by atoms with Crippen molar-refractivity contribution in [3.8, 4) is 0 Å². The van der Waals surface area contributed by atoms with Crippen LogP contribution in [0.4, 0.5) is 0 Å². The van der Waals surface area contributed by atoms with Crippen LogP contribution >= 0.6 is 0 Å². The second-order valence-corrected chi connectivity index (χ2v) is 7.54. The van der Waals surface area contributed by atoms with Crippen LogP contribution in [-0.4, -0.2) is 48.7 Å². The van der Waals surface area contributed by atoms with Crippen LogP contribution in [0.5, 0.6) is 0 Å². The van der Waals surface area contributed by atoms with Gasteiger partial charge in [-0.1, -0.05) is 36.4 Å². The molecule has 142 valence electrons. The first-order valence-electron chi connectivity index (χ1n) is 9.88. The van der Waals surface area contributed by atoms with Gasteiger partial charge in [-0.15, -0.1) is 0 Å². The molecule has 4 heterocycles. The fourth-order valence-corrected chi connectivity index (χ4v) is 4.37. The molecule has 1 aliphatic rings. The Hall–Kier alpha value is -2.99. The highest BCUT2D eigenvalue weighted by molar-refractivity contribution is 5.45. The first kappa shape index (κ1) is 17.1. The summed E-state index contributed by atoms with van der Waals surface area (Å²) >= 11 is 0. The normalized spacial score (nSPS) is 17.1. The summed E-state index contributed by atoms with van der Waals surface area (Å²) in [5.74, 6) is 0. The van der Waals surface area contributed by atoms with Gasteiger partial charge in [0.15, 0.2) is 0 Å². The fraction of sp³-hybridized carbons (Fsp3) is 0.318. The van der Waals surface area contributed by atoms with Crippen molar-refractivity contribution < 1.29 is 0 Å². The molecule has 1 aromatic carbocycles. The zero-order valence-corrected chi connectivity index (χ0v) is 15.9. The first-order valence-corrected chi connectivity index (χ1v) is 9.88. The average Bonchev–Trinajstić information content (AvgIpc) is 3.43. The van der Waals surface area contributed by atoms with Gasteiger partial charge in [-0.05, 0) is 43.6 Å². The molecule has 1 fully saturated rings. The largest absolute Gasteiger partial charge is 0.307 e. The summed E-state index contributed by atoms with van der Waals surface area (Å²) in [6.45, 7) is 3.99. The number of hydrogen-bond acceptors (Lipinski definition) is 4. The Morgan fingerprint density at radius 3 is 2.50 bits per heavy atom. The number of nitrogens with zero attached hydrogens (tertiary/aromatic N) is 6. The molecule has 0 amide bonds. The summed E-state index contributed by atoms with van der Waals surface area (Å²) in [6.07, 6.45) is 9.82. The van der Waals surface area contributed by atoms with Gasteiger partial charge in [0.2, 0.25) is 0 Å². The molecule has 6 nitrogen and oxygen atoms in total. The quantitative estimate of drug-likeness (QED) is 0.540. The topological polar surface area (TPSA) is 51.2 Å². The summed E-state index contributed by atoms with van der Waals surface area (Å²) in [5, 5.41) is 4.21. The van der Waals surface area contributed by atoms with Crippen LogP contribution in [0.2, 0.25) is 0 Å². The van der Waals surface area contributed by atoms with Gasteiger partial charge >= 0.3 is 0 Å². The number of rotatable bonds is 5. The van der Waals surface area contributed by atoms with Crippen molar-refractivity contribution in [2.45, 2.75) is 24.8 Å². The SMILES string of the molecule is c1ccc(C2(c3cn4ccccc4n3)CCN(CCn3cncn3)CC2)cc1. The molecule has 0 spiro atoms. The molecule has 1 saturated heterocycles. The van der Waals surface area contributed by atoms with E-state index >= 15 is 0 Å². The van der Waals surface area contributed by atoms with E-state index in [0.717, 1.165) is 44.7 Å². The van der Waals surface area contributed by atoms with Crippen LogP contribution in [0.15, 0.2) is 73.6 Å². The molecule has 0 bridgehead atoms. The number of piperidine rings is 1. The van der Waals surface area contributed by atoms with Crippen LogP contribution in [0.3, 0.4) is 0 Å². The maximum Gasteiger partial charge on any atom is 0.137 e. The number of benzene rings is 1. The molecule has 0 saturated carbocycles. The highest BCUT2D eigenvalue weighted by Gasteiger charge is 2.39. The summed E-state index contributed by atoms with van der Waals surface area (Å²) in [4.78, 5) is 11.6. The Kier molecular flexibility index (Phi) is 4.41. The van der Waals surface area contributed by atoms with Crippen LogP contribution in [0.25, 0.3) is 5.65 Å². The van der Waals surface area contributed by atoms with E-state index in [2.05, 4.69) is 74.2 Å². The zero-order chi connectivity index (χ0) is 18.8. The molecular formula is C22H24N6. The minimum Gasteiger partial charge on any atom is -0.307 e. The Morgan fingerprint density at radius 1 is 0.929 bits per heavy atom. The Balaban J connectivity index is 1.42. The van der Waals surface area contributed by atoms with Gasteiger partial charge in [0.1, 0.15) is 18.3 Å². The third-order valence-electron chi connectivity index (χ3n) is 6.00. The van der Waals surface area contributed by atoms with Gasteiger partial charge < -0.3 is 9.30 Å². The van der Waals surface area contributed by atoms with E-state index in [4.69, 9.17) is 4.98 Å². The zero-order valence-electron chi connectivity index (χ0n) is 15.9. The van der Waals surface area contributed by atoms with Crippen molar-refractivity contribution >= 4 is 5.65 Å². The van der Waals surface area contributed by atoms with Crippen molar-refractivity contribution in [1.82, 2.24) is 29.0 Å². The predicted molar refractivity (Wildman–Crippen MR) is 108 cm³/mol. The van der Waals surface area contributed by atoms with Gasteiger partial charge in [-0.2, -0.15) is 5.10 Å². The molecule has 0 unspecified atom stereocenters. The fourth-order valence-electron chi connectivity index (χ4n) is 4.37. The molecule has 6 heteroatoms. The van der Waals surface area contributed by atoms with E-state index in [9.17, 15) is 0 Å². The van der Waals surface area contributed by atoms with Gasteiger partial charge in [0, 0.05) is 24.4 Å². The predicted octanol–water partition coefficient (Wildman–Crippen LogP) is 3.01. The number of aromatic nitrogens is 5. The molecule has 0 atom stereocenters. The van der Waals surface area contributed by atoms with E-state index < -0.39 is 0 Å². The second kappa shape index (κ2) is 7.20. The highest BCUT2D eigenvalue weighted by atomic mass is 15.3. The molecule has 4 aromatic rings. The molecule has 3 aromatic heterocycles. The lowest BCUT2D eigenvalue weighted by atomic mass is 9.70. The molecule has 1 aliphatic heterocycles. The number of imidazole rings is 1. The lowest BCUT2D eigenvalue weighted by Crippen LogP contribution is -2.44. The number of fused-ring (bicyclic) bond motifs is 1. The first-order chi connectivity index (χ1) is 13.8. The number of pyridine rings is 1. The van der Waals surface area contributed by atoms with Crippen molar-refractivity contribution in [1.29, 1.82) is 0 Å². The van der Waals surface area contributed by atoms with Gasteiger partial charge in [-0.25, -0.2) is 9.97 Å². The maximum atomic E-state index is 5.02. The Labute approximate surface area is 164 Å². The lowest BCUT2D eigenvalue weighted by Gasteiger charge is -2.41. The van der Waals surface area contributed by atoms with E-state index in [1.54, 1.807) is 12.7 Å². The van der Waals surface area contributed by atoms with Crippen molar-refractivity contribution in [2.75, 3.05) is 19.6 Å². The standard InChI is InChI=1S/C22H24N6/c1-2-6-19(7-3-1)22(20-16-27-11-5-4-8-21(27)25-20)9-12-26(13-10-22)14-15-28-18-23-17-24-28/h1-8,11,16-18H,9-10,12-15H2. The highest BCUT2D eigenvalue weighted by Crippen LogP contribution is 2.41. The average molecular weight is 372 g/mol. The van der Waals surface area contributed by atoms with Crippen LogP contribution in [0.1, 0.15) is 24.1 Å². The van der Waals surface area contributed by atoms with Gasteiger partial charge in [0.25, 0.3) is 0 Å². The lowest BCUT2D eigenvalue weighted by molar-refractivity contribution is 0.170. The van der Waals surface area contributed by atoms with Crippen molar-refractivity contribution in [2.24, 2.45) is 0 Å². The molecule has 0 radical (unpaired) electrons. The van der Waals surface area contributed by atoms with Crippen molar-refractivity contribution in [3.63, 3.8) is 0 Å². The van der Waals surface area contributed by atoms with Crippen LogP contribution in [-0.2, 0) is 12.0 Å². The summed E-state index contributed by atoms with van der Waals surface area (Å²) < 4.78 is 4.04. The maximum absolute atomic E-state index is 5.02. The molecule has 5 rings (SSSR count). The smallest absolute Gasteiger partial charge is 0.137 e. The third-order valence-corrected chi connectivity index (χ3v) is 6.00. The van der Waals surface area contributed by atoms with Gasteiger partial charge in [0.05, 0.1) is 12.2 Å². The minimum absolute atomic E-state index is 0.0307. The third kappa shape index (κ3) is 3.10. The molecule has 0 N–H and O–H groups in total. The Morgan fingerprint density at radius 2 is 1.75 bits per heavy atom. The van der Waals surface area contributed by atoms with Crippen LogP contribution < -0.4 is 0 Å². The Bertz CT molecular complexity index is 996. The van der Waals surface area contributed by atoms with Crippen LogP contribution in [0, 0.1) is 0 Å². The summed E-state index contributed by atoms with van der Waals surface area (Å²) in [6, 6.07) is 17.1. The summed E-state index contributed by atoms with van der Waals surface area (Å²) in [7, 11) is 0. The van der Waals surface area contributed by atoms with Gasteiger partial charge in [-0.3, -0.25) is 4.68 Å². The molecule has 0 aliphatic carbocycles. The van der Waals surface area contributed by atoms with E-state index in [0.29, 0.717) is 0 Å².